The van der Waals surface area contributed by atoms with Crippen molar-refractivity contribution in [2.24, 2.45) is 0 Å². The molecule has 0 bridgehead atoms. The maximum Gasteiger partial charge on any atom is 0.303 e. The molecule has 1 N–H and O–H groups in total. The molecule has 2 nitrogen and oxygen atoms in total. The molecule has 2 rings (SSSR count). The summed E-state index contributed by atoms with van der Waals surface area (Å²) in [5.74, 6) is -1.25. The third kappa shape index (κ3) is 1.50. The van der Waals surface area contributed by atoms with Crippen LogP contribution in [-0.4, -0.2) is 11.1 Å². The van der Waals surface area contributed by atoms with E-state index in [2.05, 4.69) is 0 Å². The van der Waals surface area contributed by atoms with E-state index in [-0.39, 0.29) is 18.2 Å². The number of carbonyl (C=O) groups is 1. The number of aliphatic carboxylic acids is 1. The van der Waals surface area contributed by atoms with Crippen molar-refractivity contribution in [2.75, 3.05) is 0 Å². The molecular weight excluding hydrogens is 183 g/mol. The fourth-order valence-corrected chi connectivity index (χ4v) is 2.15. The molecule has 1 unspecified atom stereocenters. The molecule has 0 amide bonds. The second-order valence-corrected chi connectivity index (χ2v) is 3.65. The molecule has 1 aromatic rings. The van der Waals surface area contributed by atoms with Crippen molar-refractivity contribution in [3.05, 3.63) is 35.1 Å². The van der Waals surface area contributed by atoms with Crippen LogP contribution in [0.3, 0.4) is 0 Å². The molecule has 74 valence electrons. The van der Waals surface area contributed by atoms with Crippen LogP contribution in [0.2, 0.25) is 0 Å². The van der Waals surface area contributed by atoms with Gasteiger partial charge >= 0.3 is 5.97 Å². The first-order chi connectivity index (χ1) is 6.68. The molecule has 1 atom stereocenters. The molecule has 0 fully saturated rings. The van der Waals surface area contributed by atoms with Gasteiger partial charge in [0.1, 0.15) is 5.82 Å². The Morgan fingerprint density at radius 3 is 3.07 bits per heavy atom. The smallest absolute Gasteiger partial charge is 0.303 e. The Balaban J connectivity index is 2.33. The van der Waals surface area contributed by atoms with Gasteiger partial charge in [0, 0.05) is 0 Å². The zero-order valence-corrected chi connectivity index (χ0v) is 7.66. The SMILES string of the molecule is O=C(O)CC1CCc2cccc(F)c21. The number of rotatable bonds is 2. The zero-order chi connectivity index (χ0) is 10.1. The normalized spacial score (nSPS) is 19.4. The average molecular weight is 194 g/mol. The highest BCUT2D eigenvalue weighted by atomic mass is 19.1. The number of carboxylic acid groups (broad SMARTS) is 1. The summed E-state index contributed by atoms with van der Waals surface area (Å²) < 4.78 is 13.4. The van der Waals surface area contributed by atoms with Gasteiger partial charge in [-0.3, -0.25) is 4.79 Å². The van der Waals surface area contributed by atoms with Gasteiger partial charge in [0.05, 0.1) is 6.42 Å². The lowest BCUT2D eigenvalue weighted by atomic mass is 9.97. The highest BCUT2D eigenvalue weighted by molar-refractivity contribution is 5.68. The summed E-state index contributed by atoms with van der Waals surface area (Å²) in [5, 5.41) is 8.67. The number of fused-ring (bicyclic) bond motifs is 1. The Labute approximate surface area is 81.4 Å². The van der Waals surface area contributed by atoms with E-state index in [0.29, 0.717) is 5.56 Å². The van der Waals surface area contributed by atoms with Gasteiger partial charge in [-0.2, -0.15) is 0 Å². The summed E-state index contributed by atoms with van der Waals surface area (Å²) in [7, 11) is 0. The molecule has 0 saturated carbocycles. The minimum atomic E-state index is -0.855. The lowest BCUT2D eigenvalue weighted by Gasteiger charge is -2.08. The Morgan fingerprint density at radius 2 is 2.36 bits per heavy atom. The van der Waals surface area contributed by atoms with Crippen LogP contribution in [0.25, 0.3) is 0 Å². The van der Waals surface area contributed by atoms with Crippen molar-refractivity contribution in [1.29, 1.82) is 0 Å². The third-order valence-corrected chi connectivity index (χ3v) is 2.73. The second kappa shape index (κ2) is 3.40. The lowest BCUT2D eigenvalue weighted by Crippen LogP contribution is -2.04. The highest BCUT2D eigenvalue weighted by Gasteiger charge is 2.27. The number of hydrogen-bond donors (Lipinski definition) is 1. The molecule has 1 aliphatic carbocycles. The molecule has 0 aromatic heterocycles. The van der Waals surface area contributed by atoms with Gasteiger partial charge in [-0.15, -0.1) is 0 Å². The standard InChI is InChI=1S/C11H11FO2/c12-9-3-1-2-7-4-5-8(11(7)9)6-10(13)14/h1-3,8H,4-6H2,(H,13,14). The van der Waals surface area contributed by atoms with Crippen LogP contribution in [-0.2, 0) is 11.2 Å². The van der Waals surface area contributed by atoms with Crippen LogP contribution in [0.5, 0.6) is 0 Å². The first kappa shape index (κ1) is 9.19. The number of halogens is 1. The van der Waals surface area contributed by atoms with Crippen molar-refractivity contribution in [3.8, 4) is 0 Å². The van der Waals surface area contributed by atoms with Crippen molar-refractivity contribution in [3.63, 3.8) is 0 Å². The maximum absolute atomic E-state index is 13.4. The van der Waals surface area contributed by atoms with E-state index >= 15 is 0 Å². The minimum Gasteiger partial charge on any atom is -0.481 e. The van der Waals surface area contributed by atoms with Crippen LogP contribution < -0.4 is 0 Å². The van der Waals surface area contributed by atoms with Crippen LogP contribution >= 0.6 is 0 Å². The van der Waals surface area contributed by atoms with E-state index in [1.165, 1.54) is 6.07 Å². The van der Waals surface area contributed by atoms with Crippen LogP contribution in [0.15, 0.2) is 18.2 Å². The fourth-order valence-electron chi connectivity index (χ4n) is 2.15. The van der Waals surface area contributed by atoms with Crippen LogP contribution in [0.1, 0.15) is 29.9 Å². The fraction of sp³-hybridized carbons (Fsp3) is 0.364. The summed E-state index contributed by atoms with van der Waals surface area (Å²) in [5.41, 5.74) is 1.59. The zero-order valence-electron chi connectivity index (χ0n) is 7.66. The molecule has 0 aliphatic heterocycles. The highest BCUT2D eigenvalue weighted by Crippen LogP contribution is 2.36. The predicted octanol–water partition coefficient (Wildman–Crippen LogP) is 2.33. The minimum absolute atomic E-state index is 0.0356. The van der Waals surface area contributed by atoms with E-state index in [0.717, 1.165) is 18.4 Å². The molecule has 0 radical (unpaired) electrons. The molecule has 3 heteroatoms. The van der Waals surface area contributed by atoms with Gasteiger partial charge < -0.3 is 5.11 Å². The number of hydrogen-bond acceptors (Lipinski definition) is 1. The lowest BCUT2D eigenvalue weighted by molar-refractivity contribution is -0.137. The van der Waals surface area contributed by atoms with Gasteiger partial charge in [-0.25, -0.2) is 4.39 Å². The largest absolute Gasteiger partial charge is 0.481 e. The Bertz CT molecular complexity index is 374. The van der Waals surface area contributed by atoms with Gasteiger partial charge in [0.25, 0.3) is 0 Å². The van der Waals surface area contributed by atoms with Crippen molar-refractivity contribution in [1.82, 2.24) is 0 Å². The van der Waals surface area contributed by atoms with Crippen molar-refractivity contribution < 1.29 is 14.3 Å². The van der Waals surface area contributed by atoms with Crippen molar-refractivity contribution in [2.45, 2.75) is 25.2 Å². The van der Waals surface area contributed by atoms with Gasteiger partial charge in [-0.1, -0.05) is 12.1 Å². The summed E-state index contributed by atoms with van der Waals surface area (Å²) in [4.78, 5) is 10.6. The quantitative estimate of drug-likeness (QED) is 0.784. The topological polar surface area (TPSA) is 37.3 Å². The Morgan fingerprint density at radius 1 is 1.57 bits per heavy atom. The number of carboxylic acids is 1. The molecular formula is C11H11FO2. The van der Waals surface area contributed by atoms with E-state index < -0.39 is 5.97 Å². The van der Waals surface area contributed by atoms with Gasteiger partial charge in [-0.05, 0) is 36.0 Å². The molecule has 14 heavy (non-hydrogen) atoms. The first-order valence-corrected chi connectivity index (χ1v) is 4.67. The molecule has 1 aliphatic rings. The molecule has 0 saturated heterocycles. The van der Waals surface area contributed by atoms with Crippen LogP contribution in [0.4, 0.5) is 4.39 Å². The summed E-state index contributed by atoms with van der Waals surface area (Å²) in [6, 6.07) is 4.95. The summed E-state index contributed by atoms with van der Waals surface area (Å²) in [6.07, 6.45) is 1.58. The molecule has 1 aromatic carbocycles. The van der Waals surface area contributed by atoms with Crippen LogP contribution in [0, 0.1) is 5.82 Å². The van der Waals surface area contributed by atoms with Gasteiger partial charge in [0.15, 0.2) is 0 Å². The molecule has 0 spiro atoms. The predicted molar refractivity (Wildman–Crippen MR) is 49.7 cm³/mol. The Hall–Kier alpha value is -1.38. The second-order valence-electron chi connectivity index (χ2n) is 3.65. The summed E-state index contributed by atoms with van der Waals surface area (Å²) >= 11 is 0. The average Bonchev–Trinajstić information content (AvgIpc) is 2.49. The monoisotopic (exact) mass is 194 g/mol. The van der Waals surface area contributed by atoms with Gasteiger partial charge in [0.2, 0.25) is 0 Å². The first-order valence-electron chi connectivity index (χ1n) is 4.67. The van der Waals surface area contributed by atoms with E-state index in [4.69, 9.17) is 5.11 Å². The van der Waals surface area contributed by atoms with E-state index in [1.807, 2.05) is 6.07 Å². The number of benzene rings is 1. The maximum atomic E-state index is 13.4. The summed E-state index contributed by atoms with van der Waals surface area (Å²) in [6.45, 7) is 0. The molecule has 0 heterocycles. The third-order valence-electron chi connectivity index (χ3n) is 2.73. The van der Waals surface area contributed by atoms with Crippen molar-refractivity contribution >= 4 is 5.97 Å². The van der Waals surface area contributed by atoms with E-state index in [9.17, 15) is 9.18 Å². The number of aryl methyl sites for hydroxylation is 1. The van der Waals surface area contributed by atoms with E-state index in [1.54, 1.807) is 6.07 Å². The Kier molecular flexibility index (Phi) is 2.23.